The number of hydrogen-bond acceptors (Lipinski definition) is 4. The number of nitrogens with zero attached hydrogens (tertiary/aromatic N) is 2. The van der Waals surface area contributed by atoms with Crippen LogP contribution in [0.1, 0.15) is 11.3 Å². The first-order chi connectivity index (χ1) is 8.60. The van der Waals surface area contributed by atoms with Crippen LogP contribution in [-0.4, -0.2) is 17.0 Å². The van der Waals surface area contributed by atoms with Crippen LogP contribution in [0.2, 0.25) is 0 Å². The molecule has 0 aliphatic carbocycles. The standard InChI is InChI=1S/C13H15FN4/c1-8-5-4-6-10(14)12(8)17-11-7-9(2)16-13(15-3)18-11/h4-7H,1-3H3,(H2,15,16,17,18). The summed E-state index contributed by atoms with van der Waals surface area (Å²) in [7, 11) is 1.74. The highest BCUT2D eigenvalue weighted by molar-refractivity contribution is 5.61. The fourth-order valence-electron chi connectivity index (χ4n) is 1.66. The molecule has 0 spiro atoms. The molecule has 0 atom stereocenters. The number of hydrogen-bond donors (Lipinski definition) is 2. The van der Waals surface area contributed by atoms with E-state index in [0.717, 1.165) is 11.3 Å². The highest BCUT2D eigenvalue weighted by atomic mass is 19.1. The van der Waals surface area contributed by atoms with E-state index in [-0.39, 0.29) is 5.82 Å². The van der Waals surface area contributed by atoms with Crippen molar-refractivity contribution in [1.29, 1.82) is 0 Å². The van der Waals surface area contributed by atoms with E-state index in [1.54, 1.807) is 19.2 Å². The Labute approximate surface area is 105 Å². The van der Waals surface area contributed by atoms with Gasteiger partial charge in [-0.3, -0.25) is 0 Å². The molecule has 18 heavy (non-hydrogen) atoms. The first kappa shape index (κ1) is 12.3. The zero-order valence-corrected chi connectivity index (χ0v) is 10.6. The maximum atomic E-state index is 13.7. The van der Waals surface area contributed by atoms with Gasteiger partial charge in [0.15, 0.2) is 0 Å². The van der Waals surface area contributed by atoms with E-state index in [9.17, 15) is 4.39 Å². The van der Waals surface area contributed by atoms with Gasteiger partial charge in [-0.25, -0.2) is 9.37 Å². The predicted molar refractivity (Wildman–Crippen MR) is 70.7 cm³/mol. The molecule has 1 aromatic carbocycles. The third-order valence-electron chi connectivity index (χ3n) is 2.55. The van der Waals surface area contributed by atoms with Crippen molar-refractivity contribution in [1.82, 2.24) is 9.97 Å². The molecule has 1 heterocycles. The molecule has 0 fully saturated rings. The summed E-state index contributed by atoms with van der Waals surface area (Å²) < 4.78 is 13.7. The molecule has 1 aromatic heterocycles. The van der Waals surface area contributed by atoms with Crippen molar-refractivity contribution in [2.24, 2.45) is 0 Å². The molecular weight excluding hydrogens is 231 g/mol. The summed E-state index contributed by atoms with van der Waals surface area (Å²) in [6.07, 6.45) is 0. The third-order valence-corrected chi connectivity index (χ3v) is 2.55. The number of rotatable bonds is 3. The highest BCUT2D eigenvalue weighted by Gasteiger charge is 2.07. The third kappa shape index (κ3) is 2.56. The molecule has 0 bridgehead atoms. The van der Waals surface area contributed by atoms with Gasteiger partial charge in [-0.15, -0.1) is 0 Å². The van der Waals surface area contributed by atoms with Crippen molar-refractivity contribution in [3.8, 4) is 0 Å². The van der Waals surface area contributed by atoms with Crippen molar-refractivity contribution in [2.75, 3.05) is 17.7 Å². The van der Waals surface area contributed by atoms with Crippen LogP contribution in [-0.2, 0) is 0 Å². The second-order valence-electron chi connectivity index (χ2n) is 4.02. The molecule has 0 radical (unpaired) electrons. The summed E-state index contributed by atoms with van der Waals surface area (Å²) in [6, 6.07) is 6.72. The van der Waals surface area contributed by atoms with Crippen molar-refractivity contribution in [3.63, 3.8) is 0 Å². The molecule has 0 unspecified atom stereocenters. The lowest BCUT2D eigenvalue weighted by Gasteiger charge is -2.11. The molecule has 2 N–H and O–H groups in total. The van der Waals surface area contributed by atoms with Gasteiger partial charge in [-0.2, -0.15) is 4.98 Å². The van der Waals surface area contributed by atoms with E-state index in [1.807, 2.05) is 19.9 Å². The molecule has 5 heteroatoms. The minimum atomic E-state index is -0.294. The first-order valence-electron chi connectivity index (χ1n) is 5.65. The monoisotopic (exact) mass is 246 g/mol. The van der Waals surface area contributed by atoms with Crippen LogP contribution < -0.4 is 10.6 Å². The Kier molecular flexibility index (Phi) is 3.41. The van der Waals surface area contributed by atoms with Crippen molar-refractivity contribution in [2.45, 2.75) is 13.8 Å². The Bertz CT molecular complexity index is 549. The van der Waals surface area contributed by atoms with Gasteiger partial charge >= 0.3 is 0 Å². The molecule has 0 saturated heterocycles. The Balaban J connectivity index is 2.37. The predicted octanol–water partition coefficient (Wildman–Crippen LogP) is 3.02. The second-order valence-corrected chi connectivity index (χ2v) is 4.02. The summed E-state index contributed by atoms with van der Waals surface area (Å²) in [5.74, 6) is 0.781. The van der Waals surface area contributed by atoms with E-state index in [4.69, 9.17) is 0 Å². The molecule has 4 nitrogen and oxygen atoms in total. The SMILES string of the molecule is CNc1nc(C)cc(Nc2c(C)cccc2F)n1. The van der Waals surface area contributed by atoms with Gasteiger partial charge in [-0.1, -0.05) is 12.1 Å². The lowest BCUT2D eigenvalue weighted by molar-refractivity contribution is 0.630. The lowest BCUT2D eigenvalue weighted by Crippen LogP contribution is -2.03. The van der Waals surface area contributed by atoms with Gasteiger partial charge in [0.05, 0.1) is 5.69 Å². The van der Waals surface area contributed by atoms with Gasteiger partial charge < -0.3 is 10.6 Å². The number of nitrogens with one attached hydrogen (secondary N) is 2. The van der Waals surface area contributed by atoms with Crippen LogP contribution in [0, 0.1) is 19.7 Å². The molecule has 0 amide bonds. The molecule has 0 aliphatic heterocycles. The van der Waals surface area contributed by atoms with Crippen molar-refractivity contribution in [3.05, 3.63) is 41.3 Å². The van der Waals surface area contributed by atoms with Crippen LogP contribution in [0.15, 0.2) is 24.3 Å². The normalized spacial score (nSPS) is 10.2. The number of benzene rings is 1. The van der Waals surface area contributed by atoms with Crippen LogP contribution >= 0.6 is 0 Å². The highest BCUT2D eigenvalue weighted by Crippen LogP contribution is 2.23. The smallest absolute Gasteiger partial charge is 0.224 e. The fraction of sp³-hybridized carbons (Fsp3) is 0.231. The van der Waals surface area contributed by atoms with E-state index < -0.39 is 0 Å². The largest absolute Gasteiger partial charge is 0.357 e. The Morgan fingerprint density at radius 3 is 2.61 bits per heavy atom. The summed E-state index contributed by atoms with van der Waals surface area (Å²) in [4.78, 5) is 8.41. The minimum absolute atomic E-state index is 0.294. The maximum absolute atomic E-state index is 13.7. The zero-order chi connectivity index (χ0) is 13.1. The van der Waals surface area contributed by atoms with Crippen LogP contribution in [0.25, 0.3) is 0 Å². The minimum Gasteiger partial charge on any atom is -0.357 e. The second kappa shape index (κ2) is 5.00. The van der Waals surface area contributed by atoms with Crippen molar-refractivity contribution >= 4 is 17.5 Å². The van der Waals surface area contributed by atoms with E-state index in [2.05, 4.69) is 20.6 Å². The first-order valence-corrected chi connectivity index (χ1v) is 5.65. The Morgan fingerprint density at radius 2 is 1.94 bits per heavy atom. The van der Waals surface area contributed by atoms with Gasteiger partial charge in [0, 0.05) is 18.8 Å². The number of aryl methyl sites for hydroxylation is 2. The zero-order valence-electron chi connectivity index (χ0n) is 10.6. The molecular formula is C13H15FN4. The summed E-state index contributed by atoms with van der Waals surface area (Å²) in [5.41, 5.74) is 2.08. The number of aromatic nitrogens is 2. The maximum Gasteiger partial charge on any atom is 0.224 e. The number of anilines is 3. The fourth-order valence-corrected chi connectivity index (χ4v) is 1.66. The lowest BCUT2D eigenvalue weighted by atomic mass is 10.2. The molecule has 0 aliphatic rings. The summed E-state index contributed by atoms with van der Waals surface area (Å²) in [6.45, 7) is 3.71. The Morgan fingerprint density at radius 1 is 1.17 bits per heavy atom. The Hall–Kier alpha value is -2.17. The van der Waals surface area contributed by atoms with Crippen LogP contribution in [0.3, 0.4) is 0 Å². The summed E-state index contributed by atoms with van der Waals surface area (Å²) in [5, 5.41) is 5.86. The van der Waals surface area contributed by atoms with Gasteiger partial charge in [0.25, 0.3) is 0 Å². The number of halogens is 1. The van der Waals surface area contributed by atoms with Gasteiger partial charge in [-0.05, 0) is 25.5 Å². The van der Waals surface area contributed by atoms with E-state index in [0.29, 0.717) is 17.5 Å². The van der Waals surface area contributed by atoms with Gasteiger partial charge in [0.2, 0.25) is 5.95 Å². The molecule has 94 valence electrons. The van der Waals surface area contributed by atoms with Crippen LogP contribution in [0.4, 0.5) is 21.8 Å². The van der Waals surface area contributed by atoms with Crippen LogP contribution in [0.5, 0.6) is 0 Å². The average Bonchev–Trinajstić information content (AvgIpc) is 2.33. The molecule has 2 aromatic rings. The van der Waals surface area contributed by atoms with E-state index in [1.165, 1.54) is 6.07 Å². The number of para-hydroxylation sites is 1. The van der Waals surface area contributed by atoms with E-state index >= 15 is 0 Å². The van der Waals surface area contributed by atoms with Gasteiger partial charge in [0.1, 0.15) is 11.6 Å². The molecule has 0 saturated carbocycles. The summed E-state index contributed by atoms with van der Waals surface area (Å²) >= 11 is 0. The van der Waals surface area contributed by atoms with Crippen molar-refractivity contribution < 1.29 is 4.39 Å². The molecule has 2 rings (SSSR count). The average molecular weight is 246 g/mol. The quantitative estimate of drug-likeness (QED) is 0.874. The topological polar surface area (TPSA) is 49.8 Å².